The maximum absolute atomic E-state index is 9.89. The molecule has 0 spiro atoms. The Morgan fingerprint density at radius 3 is 2.67 bits per heavy atom. The average Bonchev–Trinajstić information content (AvgIpc) is 3.15. The SMILES string of the molecule is Nc1ncnc2c1c(-c1cccc(O)c1)cn2-c1ccc(OCCNCCO)cc1. The van der Waals surface area contributed by atoms with Gasteiger partial charge in [-0.1, -0.05) is 12.1 Å². The van der Waals surface area contributed by atoms with E-state index in [9.17, 15) is 5.11 Å². The molecule has 154 valence electrons. The van der Waals surface area contributed by atoms with Gasteiger partial charge in [-0.2, -0.15) is 0 Å². The van der Waals surface area contributed by atoms with E-state index in [1.54, 1.807) is 18.2 Å². The summed E-state index contributed by atoms with van der Waals surface area (Å²) in [5.41, 5.74) is 9.42. The number of aromatic hydroxyl groups is 1. The number of aromatic nitrogens is 3. The van der Waals surface area contributed by atoms with Crippen LogP contribution in [0.15, 0.2) is 61.1 Å². The number of nitrogens with two attached hydrogens (primary N) is 1. The number of fused-ring (bicyclic) bond motifs is 1. The molecule has 0 aliphatic heterocycles. The fraction of sp³-hybridized carbons (Fsp3) is 0.182. The highest BCUT2D eigenvalue weighted by atomic mass is 16.5. The molecule has 0 amide bonds. The number of nitrogens with one attached hydrogen (secondary N) is 1. The predicted octanol–water partition coefficient (Wildman–Crippen LogP) is 2.34. The molecule has 2 aromatic carbocycles. The van der Waals surface area contributed by atoms with Gasteiger partial charge in [0.25, 0.3) is 0 Å². The Morgan fingerprint density at radius 1 is 1.07 bits per heavy atom. The highest BCUT2D eigenvalue weighted by Gasteiger charge is 2.16. The molecule has 0 unspecified atom stereocenters. The van der Waals surface area contributed by atoms with Crippen LogP contribution in [0.5, 0.6) is 11.5 Å². The van der Waals surface area contributed by atoms with Crippen LogP contribution in [-0.2, 0) is 0 Å². The first-order valence-corrected chi connectivity index (χ1v) is 9.63. The van der Waals surface area contributed by atoms with Crippen molar-refractivity contribution >= 4 is 16.9 Å². The van der Waals surface area contributed by atoms with Crippen LogP contribution < -0.4 is 15.8 Å². The minimum atomic E-state index is 0.109. The number of phenolic OH excluding ortho intramolecular Hbond substituents is 1. The summed E-state index contributed by atoms with van der Waals surface area (Å²) < 4.78 is 7.65. The zero-order valence-electron chi connectivity index (χ0n) is 16.3. The lowest BCUT2D eigenvalue weighted by Gasteiger charge is -2.09. The van der Waals surface area contributed by atoms with Gasteiger partial charge in [0.2, 0.25) is 0 Å². The van der Waals surface area contributed by atoms with Crippen molar-refractivity contribution in [2.24, 2.45) is 0 Å². The van der Waals surface area contributed by atoms with Crippen molar-refractivity contribution in [1.82, 2.24) is 19.9 Å². The Labute approximate surface area is 173 Å². The lowest BCUT2D eigenvalue weighted by atomic mass is 10.1. The van der Waals surface area contributed by atoms with Gasteiger partial charge < -0.3 is 30.6 Å². The van der Waals surface area contributed by atoms with E-state index in [2.05, 4.69) is 15.3 Å². The number of rotatable bonds is 8. The molecular formula is C22H23N5O3. The molecule has 0 bridgehead atoms. The number of phenols is 1. The first-order valence-electron chi connectivity index (χ1n) is 9.63. The molecule has 0 aliphatic carbocycles. The van der Waals surface area contributed by atoms with E-state index in [0.717, 1.165) is 28.0 Å². The predicted molar refractivity (Wildman–Crippen MR) is 116 cm³/mol. The normalized spacial score (nSPS) is 11.1. The van der Waals surface area contributed by atoms with Gasteiger partial charge in [-0.25, -0.2) is 9.97 Å². The second-order valence-corrected chi connectivity index (χ2v) is 6.74. The third-order valence-corrected chi connectivity index (χ3v) is 4.72. The number of benzene rings is 2. The molecule has 0 saturated heterocycles. The monoisotopic (exact) mass is 405 g/mol. The zero-order chi connectivity index (χ0) is 20.9. The highest BCUT2D eigenvalue weighted by molar-refractivity contribution is 6.01. The molecule has 8 nitrogen and oxygen atoms in total. The molecule has 0 atom stereocenters. The molecule has 5 N–H and O–H groups in total. The Balaban J connectivity index is 1.65. The molecule has 8 heteroatoms. The summed E-state index contributed by atoms with van der Waals surface area (Å²) >= 11 is 0. The van der Waals surface area contributed by atoms with Crippen LogP contribution >= 0.6 is 0 Å². The molecular weight excluding hydrogens is 382 g/mol. The largest absolute Gasteiger partial charge is 0.508 e. The van der Waals surface area contributed by atoms with Gasteiger partial charge in [0.15, 0.2) is 5.65 Å². The van der Waals surface area contributed by atoms with Crippen LogP contribution in [0.3, 0.4) is 0 Å². The molecule has 2 aromatic heterocycles. The topological polar surface area (TPSA) is 118 Å². The number of ether oxygens (including phenoxy) is 1. The first-order chi connectivity index (χ1) is 14.7. The Kier molecular flexibility index (Phi) is 5.78. The second-order valence-electron chi connectivity index (χ2n) is 6.74. The molecule has 0 fully saturated rings. The number of hydrogen-bond donors (Lipinski definition) is 4. The minimum absolute atomic E-state index is 0.109. The maximum atomic E-state index is 9.89. The van der Waals surface area contributed by atoms with E-state index in [1.165, 1.54) is 6.33 Å². The van der Waals surface area contributed by atoms with Crippen molar-refractivity contribution < 1.29 is 14.9 Å². The van der Waals surface area contributed by atoms with Gasteiger partial charge in [0.05, 0.1) is 12.0 Å². The Hall–Kier alpha value is -3.62. The number of hydrogen-bond acceptors (Lipinski definition) is 7. The molecule has 30 heavy (non-hydrogen) atoms. The lowest BCUT2D eigenvalue weighted by molar-refractivity contribution is 0.276. The van der Waals surface area contributed by atoms with Crippen LogP contribution in [0.1, 0.15) is 0 Å². The van der Waals surface area contributed by atoms with E-state index < -0.39 is 0 Å². The number of anilines is 1. The Bertz CT molecular complexity index is 1140. The molecule has 4 rings (SSSR count). The number of nitrogen functional groups attached to an aromatic ring is 1. The van der Waals surface area contributed by atoms with E-state index in [0.29, 0.717) is 31.2 Å². The third kappa shape index (κ3) is 4.05. The molecule has 2 heterocycles. The van der Waals surface area contributed by atoms with Crippen molar-refractivity contribution in [3.05, 3.63) is 61.1 Å². The van der Waals surface area contributed by atoms with Crippen LogP contribution in [0, 0.1) is 0 Å². The number of nitrogens with zero attached hydrogens (tertiary/aromatic N) is 3. The summed E-state index contributed by atoms with van der Waals surface area (Å²) in [6.45, 7) is 1.83. The minimum Gasteiger partial charge on any atom is -0.508 e. The maximum Gasteiger partial charge on any atom is 0.150 e. The molecule has 0 saturated carbocycles. The van der Waals surface area contributed by atoms with Gasteiger partial charge in [0, 0.05) is 30.5 Å². The molecule has 0 aliphatic rings. The van der Waals surface area contributed by atoms with Gasteiger partial charge in [0.1, 0.15) is 30.3 Å². The van der Waals surface area contributed by atoms with Gasteiger partial charge >= 0.3 is 0 Å². The summed E-state index contributed by atoms with van der Waals surface area (Å²) in [6.07, 6.45) is 3.39. The quantitative estimate of drug-likeness (QED) is 0.332. The summed E-state index contributed by atoms with van der Waals surface area (Å²) in [5.74, 6) is 1.31. The van der Waals surface area contributed by atoms with E-state index in [1.807, 2.05) is 41.1 Å². The summed E-state index contributed by atoms with van der Waals surface area (Å²) in [5, 5.41) is 22.5. The van der Waals surface area contributed by atoms with Gasteiger partial charge in [-0.15, -0.1) is 0 Å². The first kappa shape index (κ1) is 19.7. The zero-order valence-corrected chi connectivity index (χ0v) is 16.3. The van der Waals surface area contributed by atoms with Crippen LogP contribution in [0.4, 0.5) is 5.82 Å². The smallest absolute Gasteiger partial charge is 0.150 e. The van der Waals surface area contributed by atoms with Crippen molar-refractivity contribution in [3.63, 3.8) is 0 Å². The fourth-order valence-corrected chi connectivity index (χ4v) is 3.32. The lowest BCUT2D eigenvalue weighted by Crippen LogP contribution is -2.23. The third-order valence-electron chi connectivity index (χ3n) is 4.72. The van der Waals surface area contributed by atoms with Crippen molar-refractivity contribution in [2.45, 2.75) is 0 Å². The molecule has 0 radical (unpaired) electrons. The van der Waals surface area contributed by atoms with E-state index in [-0.39, 0.29) is 12.4 Å². The van der Waals surface area contributed by atoms with Crippen LogP contribution in [-0.4, -0.2) is 51.1 Å². The Morgan fingerprint density at radius 2 is 1.90 bits per heavy atom. The van der Waals surface area contributed by atoms with E-state index in [4.69, 9.17) is 15.6 Å². The van der Waals surface area contributed by atoms with Crippen molar-refractivity contribution in [1.29, 1.82) is 0 Å². The van der Waals surface area contributed by atoms with Crippen LogP contribution in [0.2, 0.25) is 0 Å². The number of aliphatic hydroxyl groups is 1. The van der Waals surface area contributed by atoms with Gasteiger partial charge in [-0.05, 0) is 42.0 Å². The fourth-order valence-electron chi connectivity index (χ4n) is 3.32. The standard InChI is InChI=1S/C22H23N5O3/c23-21-20-19(15-2-1-3-17(29)12-15)13-27(22(20)26-14-25-21)16-4-6-18(7-5-16)30-11-9-24-8-10-28/h1-7,12-14,24,28-29H,8-11H2,(H2,23,25,26). The van der Waals surface area contributed by atoms with Gasteiger partial charge in [-0.3, -0.25) is 0 Å². The molecule has 4 aromatic rings. The van der Waals surface area contributed by atoms with Crippen molar-refractivity contribution in [2.75, 3.05) is 32.0 Å². The van der Waals surface area contributed by atoms with Crippen molar-refractivity contribution in [3.8, 4) is 28.3 Å². The average molecular weight is 405 g/mol. The highest BCUT2D eigenvalue weighted by Crippen LogP contribution is 2.35. The van der Waals surface area contributed by atoms with E-state index >= 15 is 0 Å². The summed E-state index contributed by atoms with van der Waals surface area (Å²) in [6, 6.07) is 14.7. The second kappa shape index (κ2) is 8.81. The number of aliphatic hydroxyl groups excluding tert-OH is 1. The summed E-state index contributed by atoms with van der Waals surface area (Å²) in [7, 11) is 0. The van der Waals surface area contributed by atoms with Crippen LogP contribution in [0.25, 0.3) is 27.8 Å². The summed E-state index contributed by atoms with van der Waals surface area (Å²) in [4.78, 5) is 8.58.